The molecule has 9 heteroatoms. The maximum atomic E-state index is 12.5. The van der Waals surface area contributed by atoms with Gasteiger partial charge in [-0.25, -0.2) is 8.42 Å². The molecule has 0 fully saturated rings. The maximum absolute atomic E-state index is 12.5. The smallest absolute Gasteiger partial charge is 0.330 e. The van der Waals surface area contributed by atoms with Gasteiger partial charge in [0, 0.05) is 23.8 Å². The number of hydrogen-bond donors (Lipinski definition) is 0. The molecule has 0 unspecified atom stereocenters. The second kappa shape index (κ2) is 5.17. The van der Waals surface area contributed by atoms with Crippen molar-refractivity contribution in [2.24, 2.45) is 0 Å². The first kappa shape index (κ1) is 16.1. The van der Waals surface area contributed by atoms with E-state index in [0.717, 1.165) is 5.56 Å². The van der Waals surface area contributed by atoms with E-state index in [9.17, 15) is 26.4 Å². The molecule has 0 spiro atoms. The predicted molar refractivity (Wildman–Crippen MR) is 69.4 cm³/mol. The molecule has 1 aromatic carbocycles. The largest absolute Gasteiger partial charge is 0.471 e. The third kappa shape index (κ3) is 3.16. The van der Waals surface area contributed by atoms with Crippen LogP contribution in [0, 0.1) is 6.92 Å². The van der Waals surface area contributed by atoms with Gasteiger partial charge in [-0.1, -0.05) is 6.07 Å². The Morgan fingerprint density at radius 2 is 1.90 bits per heavy atom. The molecule has 116 valence electrons. The Hall–Kier alpha value is -1.28. The second-order valence-electron chi connectivity index (χ2n) is 4.75. The summed E-state index contributed by atoms with van der Waals surface area (Å²) < 4.78 is 60.5. The number of alkyl halides is 3. The van der Waals surface area contributed by atoms with Crippen LogP contribution in [0.1, 0.15) is 16.7 Å². The Morgan fingerprint density at radius 3 is 2.43 bits per heavy atom. The lowest BCUT2D eigenvalue weighted by Gasteiger charge is -2.31. The Labute approximate surface area is 123 Å². The second-order valence-corrected chi connectivity index (χ2v) is 7.28. The number of halogens is 4. The van der Waals surface area contributed by atoms with E-state index in [0.29, 0.717) is 10.5 Å². The summed E-state index contributed by atoms with van der Waals surface area (Å²) in [5.74, 6) is -1.98. The summed E-state index contributed by atoms with van der Waals surface area (Å²) in [5, 5.41) is 0. The van der Waals surface area contributed by atoms with Crippen LogP contribution in [0.3, 0.4) is 0 Å². The summed E-state index contributed by atoms with van der Waals surface area (Å²) in [6, 6.07) is 2.80. The van der Waals surface area contributed by atoms with E-state index < -0.39 is 27.7 Å². The van der Waals surface area contributed by atoms with Gasteiger partial charge in [-0.15, -0.1) is 0 Å². The molecule has 1 aliphatic rings. The van der Waals surface area contributed by atoms with Gasteiger partial charge in [-0.3, -0.25) is 4.79 Å². The van der Waals surface area contributed by atoms with Crippen molar-refractivity contribution < 1.29 is 26.4 Å². The van der Waals surface area contributed by atoms with Gasteiger partial charge in [0.1, 0.15) is 0 Å². The molecule has 1 heterocycles. The summed E-state index contributed by atoms with van der Waals surface area (Å²) in [4.78, 5) is 11.6. The molecule has 0 aromatic heterocycles. The van der Waals surface area contributed by atoms with Crippen molar-refractivity contribution in [3.05, 3.63) is 28.8 Å². The van der Waals surface area contributed by atoms with E-state index in [1.807, 2.05) is 0 Å². The molecule has 2 rings (SSSR count). The summed E-state index contributed by atoms with van der Waals surface area (Å²) in [6.07, 6.45) is -4.83. The maximum Gasteiger partial charge on any atom is 0.471 e. The lowest BCUT2D eigenvalue weighted by atomic mass is 9.95. The quantitative estimate of drug-likeness (QED) is 0.737. The zero-order valence-electron chi connectivity index (χ0n) is 10.9. The first-order valence-electron chi connectivity index (χ1n) is 5.94. The van der Waals surface area contributed by atoms with Crippen molar-refractivity contribution in [1.29, 1.82) is 0 Å². The minimum Gasteiger partial charge on any atom is -0.330 e. The van der Waals surface area contributed by atoms with E-state index >= 15 is 0 Å². The lowest BCUT2D eigenvalue weighted by Crippen LogP contribution is -2.44. The van der Waals surface area contributed by atoms with Crippen molar-refractivity contribution >= 4 is 25.6 Å². The summed E-state index contributed by atoms with van der Waals surface area (Å²) in [5.41, 5.74) is 1.55. The number of carbonyl (C=O) groups is 1. The lowest BCUT2D eigenvalue weighted by molar-refractivity contribution is -0.186. The number of carbonyl (C=O) groups excluding carboxylic acids is 1. The molecular weight excluding hydrogens is 331 g/mol. The Balaban J connectivity index is 2.49. The van der Waals surface area contributed by atoms with E-state index in [-0.39, 0.29) is 23.4 Å². The molecule has 4 nitrogen and oxygen atoms in total. The fourth-order valence-electron chi connectivity index (χ4n) is 2.41. The molecule has 0 radical (unpaired) electrons. The first-order valence-corrected chi connectivity index (χ1v) is 8.25. The van der Waals surface area contributed by atoms with Gasteiger partial charge in [-0.05, 0) is 36.1 Å². The van der Waals surface area contributed by atoms with Gasteiger partial charge in [0.05, 0.1) is 4.90 Å². The van der Waals surface area contributed by atoms with Crippen LogP contribution in [0.4, 0.5) is 13.2 Å². The van der Waals surface area contributed by atoms with Crippen LogP contribution in [0.5, 0.6) is 0 Å². The molecular formula is C12H11ClF3NO3S. The number of amides is 1. The zero-order chi connectivity index (χ0) is 16.0. The number of fused-ring (bicyclic) bond motifs is 1. The van der Waals surface area contributed by atoms with Crippen LogP contribution in [0.2, 0.25) is 0 Å². The summed E-state index contributed by atoms with van der Waals surface area (Å²) in [6.45, 7) is 1.19. The Morgan fingerprint density at radius 1 is 1.29 bits per heavy atom. The molecule has 0 saturated heterocycles. The van der Waals surface area contributed by atoms with Crippen molar-refractivity contribution in [2.75, 3.05) is 6.54 Å². The number of benzene rings is 1. The molecule has 0 atom stereocenters. The molecule has 0 aliphatic carbocycles. The fraction of sp³-hybridized carbons (Fsp3) is 0.417. The van der Waals surface area contributed by atoms with Crippen molar-refractivity contribution in [3.8, 4) is 0 Å². The Bertz CT molecular complexity index is 700. The summed E-state index contributed by atoms with van der Waals surface area (Å²) in [7, 11) is 1.22. The van der Waals surface area contributed by atoms with E-state index in [4.69, 9.17) is 10.7 Å². The minimum absolute atomic E-state index is 0.113. The standard InChI is InChI=1S/C12H11ClF3NO3S/c1-7-2-3-10(21(13,19)20)9-6-17(5-4-8(7)9)11(18)12(14,15)16/h2-3H,4-6H2,1H3. The van der Waals surface area contributed by atoms with Gasteiger partial charge >= 0.3 is 12.1 Å². The van der Waals surface area contributed by atoms with E-state index in [2.05, 4.69) is 0 Å². The van der Waals surface area contributed by atoms with Gasteiger partial charge < -0.3 is 4.90 Å². The molecule has 0 N–H and O–H groups in total. The molecule has 21 heavy (non-hydrogen) atoms. The van der Waals surface area contributed by atoms with E-state index in [1.54, 1.807) is 13.0 Å². The summed E-state index contributed by atoms with van der Waals surface area (Å²) >= 11 is 0. The molecule has 1 amide bonds. The van der Waals surface area contributed by atoms with Crippen LogP contribution in [-0.4, -0.2) is 31.9 Å². The van der Waals surface area contributed by atoms with Gasteiger partial charge in [0.15, 0.2) is 0 Å². The molecule has 0 bridgehead atoms. The van der Waals surface area contributed by atoms with Gasteiger partial charge in [0.2, 0.25) is 0 Å². The van der Waals surface area contributed by atoms with Crippen molar-refractivity contribution in [2.45, 2.75) is 31.0 Å². The monoisotopic (exact) mass is 341 g/mol. The third-order valence-corrected chi connectivity index (χ3v) is 4.80. The van der Waals surface area contributed by atoms with Crippen LogP contribution >= 0.6 is 10.7 Å². The highest BCUT2D eigenvalue weighted by molar-refractivity contribution is 8.13. The molecule has 0 saturated carbocycles. The van der Waals surface area contributed by atoms with Crippen molar-refractivity contribution in [1.82, 2.24) is 4.90 Å². The van der Waals surface area contributed by atoms with Crippen LogP contribution in [0.15, 0.2) is 17.0 Å². The zero-order valence-corrected chi connectivity index (χ0v) is 12.4. The van der Waals surface area contributed by atoms with Gasteiger partial charge in [-0.2, -0.15) is 13.2 Å². The first-order chi connectivity index (χ1) is 9.51. The fourth-order valence-corrected chi connectivity index (χ4v) is 3.55. The number of aryl methyl sites for hydroxylation is 1. The highest BCUT2D eigenvalue weighted by Crippen LogP contribution is 2.32. The third-order valence-electron chi connectivity index (χ3n) is 3.40. The van der Waals surface area contributed by atoms with Crippen LogP contribution in [-0.2, 0) is 26.8 Å². The van der Waals surface area contributed by atoms with E-state index in [1.165, 1.54) is 6.07 Å². The highest BCUT2D eigenvalue weighted by atomic mass is 35.7. The SMILES string of the molecule is Cc1ccc(S(=O)(=O)Cl)c2c1CCN(C(=O)C(F)(F)F)C2. The minimum atomic E-state index is -4.98. The average molecular weight is 342 g/mol. The van der Waals surface area contributed by atoms with Gasteiger partial charge in [0.25, 0.3) is 9.05 Å². The average Bonchev–Trinajstić information content (AvgIpc) is 2.35. The number of nitrogens with zero attached hydrogens (tertiary/aromatic N) is 1. The molecule has 1 aromatic rings. The predicted octanol–water partition coefficient (Wildman–Crippen LogP) is 2.37. The molecule has 1 aliphatic heterocycles. The topological polar surface area (TPSA) is 54.5 Å². The van der Waals surface area contributed by atoms with Crippen LogP contribution < -0.4 is 0 Å². The normalized spacial score (nSPS) is 15.8. The van der Waals surface area contributed by atoms with Crippen molar-refractivity contribution in [3.63, 3.8) is 0 Å². The number of hydrogen-bond acceptors (Lipinski definition) is 3. The highest BCUT2D eigenvalue weighted by Gasteiger charge is 2.43. The van der Waals surface area contributed by atoms with Crippen LogP contribution in [0.25, 0.3) is 0 Å². The Kier molecular flexibility index (Phi) is 3.96. The number of rotatable bonds is 1.